The lowest BCUT2D eigenvalue weighted by Crippen LogP contribution is -2.31. The maximum Gasteiger partial charge on any atom is 0.252 e. The van der Waals surface area contributed by atoms with Gasteiger partial charge in [0.2, 0.25) is 0 Å². The largest absolute Gasteiger partial charge is 0.389 e. The molecule has 1 saturated heterocycles. The third kappa shape index (κ3) is 3.83. The van der Waals surface area contributed by atoms with Crippen LogP contribution in [0.2, 0.25) is 0 Å². The Morgan fingerprint density at radius 3 is 2.67 bits per heavy atom. The van der Waals surface area contributed by atoms with Gasteiger partial charge < -0.3 is 5.73 Å². The number of nitrogens with two attached hydrogens (primary N) is 1. The lowest BCUT2D eigenvalue weighted by Gasteiger charge is -2.20. The van der Waals surface area contributed by atoms with Gasteiger partial charge >= 0.3 is 0 Å². The smallest absolute Gasteiger partial charge is 0.252 e. The molecule has 2 heterocycles. The van der Waals surface area contributed by atoms with Crippen molar-refractivity contribution in [1.29, 1.82) is 0 Å². The van der Waals surface area contributed by atoms with Gasteiger partial charge in [0, 0.05) is 13.1 Å². The van der Waals surface area contributed by atoms with Crippen LogP contribution in [0.25, 0.3) is 0 Å². The van der Waals surface area contributed by atoms with Gasteiger partial charge in [-0.15, -0.1) is 11.3 Å². The second kappa shape index (κ2) is 6.73. The van der Waals surface area contributed by atoms with Crippen LogP contribution >= 0.6 is 23.6 Å². The molecule has 0 radical (unpaired) electrons. The van der Waals surface area contributed by atoms with E-state index in [-0.39, 0.29) is 4.99 Å². The molecule has 1 aliphatic heterocycles. The Balaban J connectivity index is 2.17. The Labute approximate surface area is 136 Å². The summed E-state index contributed by atoms with van der Waals surface area (Å²) in [7, 11) is -3.41. The van der Waals surface area contributed by atoms with E-state index in [2.05, 4.69) is 13.8 Å². The van der Waals surface area contributed by atoms with Crippen LogP contribution in [-0.4, -0.2) is 30.8 Å². The van der Waals surface area contributed by atoms with Crippen LogP contribution in [0.15, 0.2) is 16.3 Å². The van der Waals surface area contributed by atoms with Crippen molar-refractivity contribution < 1.29 is 8.42 Å². The highest BCUT2D eigenvalue weighted by atomic mass is 32.2. The molecule has 1 aromatic heterocycles. The maximum atomic E-state index is 12.7. The molecule has 1 aromatic rings. The van der Waals surface area contributed by atoms with Gasteiger partial charge in [-0.1, -0.05) is 26.1 Å². The van der Waals surface area contributed by atoms with Crippen molar-refractivity contribution in [2.45, 2.75) is 37.3 Å². The molecular formula is C14H22N2O2S3. The molecule has 21 heavy (non-hydrogen) atoms. The number of thiophene rings is 1. The molecule has 1 fully saturated rings. The van der Waals surface area contributed by atoms with E-state index < -0.39 is 10.0 Å². The van der Waals surface area contributed by atoms with E-state index in [9.17, 15) is 8.42 Å². The molecule has 0 aromatic carbocycles. The topological polar surface area (TPSA) is 63.4 Å². The third-order valence-electron chi connectivity index (χ3n) is 4.09. The normalized spacial score (nSPS) is 21.4. The number of rotatable bonds is 4. The lowest BCUT2D eigenvalue weighted by atomic mass is 9.89. The van der Waals surface area contributed by atoms with Gasteiger partial charge in [-0.3, -0.25) is 0 Å². The van der Waals surface area contributed by atoms with E-state index in [1.165, 1.54) is 0 Å². The Morgan fingerprint density at radius 2 is 2.10 bits per heavy atom. The molecule has 0 saturated carbocycles. The third-order valence-corrected chi connectivity index (χ3v) is 7.93. The standard InChI is InChI=1S/C14H22N2O2S3/c1-10(2)11-4-3-8-16(9-7-11)21(17,18)13-6-5-12(20-13)14(15)19/h5-6,10-11H,3-4,7-9H2,1-2H3,(H2,15,19). The van der Waals surface area contributed by atoms with E-state index in [0.717, 1.165) is 30.6 Å². The fraction of sp³-hybridized carbons (Fsp3) is 0.643. The molecule has 0 bridgehead atoms. The molecule has 7 heteroatoms. The van der Waals surface area contributed by atoms with Gasteiger partial charge in [-0.2, -0.15) is 4.31 Å². The zero-order valence-electron chi connectivity index (χ0n) is 12.4. The van der Waals surface area contributed by atoms with Crippen molar-refractivity contribution in [2.24, 2.45) is 17.6 Å². The number of sulfonamides is 1. The predicted octanol–water partition coefficient (Wildman–Crippen LogP) is 2.83. The highest BCUT2D eigenvalue weighted by molar-refractivity contribution is 7.91. The molecule has 1 atom stereocenters. The summed E-state index contributed by atoms with van der Waals surface area (Å²) in [5.74, 6) is 1.22. The number of hydrogen-bond acceptors (Lipinski definition) is 4. The van der Waals surface area contributed by atoms with Crippen molar-refractivity contribution in [3.63, 3.8) is 0 Å². The van der Waals surface area contributed by atoms with E-state index in [0.29, 0.717) is 34.0 Å². The Kier molecular flexibility index (Phi) is 5.40. The van der Waals surface area contributed by atoms with E-state index in [1.807, 2.05) is 0 Å². The summed E-state index contributed by atoms with van der Waals surface area (Å²) in [6.07, 6.45) is 2.96. The minimum Gasteiger partial charge on any atom is -0.389 e. The average Bonchev–Trinajstić information content (AvgIpc) is 2.77. The second-order valence-corrected chi connectivity index (χ2v) is 9.51. The summed E-state index contributed by atoms with van der Waals surface area (Å²) < 4.78 is 27.4. The van der Waals surface area contributed by atoms with Crippen LogP contribution in [0.1, 0.15) is 38.0 Å². The number of nitrogens with zero attached hydrogens (tertiary/aromatic N) is 1. The summed E-state index contributed by atoms with van der Waals surface area (Å²) in [4.78, 5) is 0.899. The van der Waals surface area contributed by atoms with Crippen LogP contribution in [0.5, 0.6) is 0 Å². The zero-order valence-corrected chi connectivity index (χ0v) is 14.9. The molecule has 118 valence electrons. The van der Waals surface area contributed by atoms with Crippen LogP contribution in [0.4, 0.5) is 0 Å². The lowest BCUT2D eigenvalue weighted by molar-refractivity contribution is 0.341. The van der Waals surface area contributed by atoms with E-state index in [1.54, 1.807) is 16.4 Å². The molecule has 1 unspecified atom stereocenters. The fourth-order valence-electron chi connectivity index (χ4n) is 2.72. The molecule has 0 spiro atoms. The Bertz CT molecular complexity index is 607. The van der Waals surface area contributed by atoms with Crippen molar-refractivity contribution in [3.05, 3.63) is 17.0 Å². The van der Waals surface area contributed by atoms with Crippen molar-refractivity contribution in [1.82, 2.24) is 4.31 Å². The van der Waals surface area contributed by atoms with Crippen LogP contribution in [0, 0.1) is 11.8 Å². The van der Waals surface area contributed by atoms with Gasteiger partial charge in [0.1, 0.15) is 9.20 Å². The second-order valence-electron chi connectivity index (χ2n) is 5.82. The summed E-state index contributed by atoms with van der Waals surface area (Å²) in [6.45, 7) is 5.63. The summed E-state index contributed by atoms with van der Waals surface area (Å²) in [5.41, 5.74) is 5.56. The van der Waals surface area contributed by atoms with Gasteiger partial charge in [-0.05, 0) is 43.2 Å². The molecule has 2 rings (SSSR count). The van der Waals surface area contributed by atoms with E-state index >= 15 is 0 Å². The quantitative estimate of drug-likeness (QED) is 0.852. The first-order valence-corrected chi connectivity index (χ1v) is 9.88. The van der Waals surface area contributed by atoms with Crippen molar-refractivity contribution in [2.75, 3.05) is 13.1 Å². The van der Waals surface area contributed by atoms with Gasteiger partial charge in [0.25, 0.3) is 10.0 Å². The number of thiocarbonyl (C=S) groups is 1. The predicted molar refractivity (Wildman–Crippen MR) is 91.1 cm³/mol. The summed E-state index contributed by atoms with van der Waals surface area (Å²) in [6, 6.07) is 3.30. The first kappa shape index (κ1) is 16.9. The minimum absolute atomic E-state index is 0.247. The molecule has 4 nitrogen and oxygen atoms in total. The monoisotopic (exact) mass is 346 g/mol. The molecule has 2 N–H and O–H groups in total. The van der Waals surface area contributed by atoms with Crippen molar-refractivity contribution in [3.8, 4) is 0 Å². The van der Waals surface area contributed by atoms with E-state index in [4.69, 9.17) is 18.0 Å². The fourth-order valence-corrected chi connectivity index (χ4v) is 5.72. The SMILES string of the molecule is CC(C)C1CCCN(S(=O)(=O)c2ccc(C(N)=S)s2)CC1. The summed E-state index contributed by atoms with van der Waals surface area (Å²) >= 11 is 6.06. The van der Waals surface area contributed by atoms with Gasteiger partial charge in [-0.25, -0.2) is 8.42 Å². The molecule has 0 aliphatic carbocycles. The average molecular weight is 347 g/mol. The van der Waals surface area contributed by atoms with Crippen LogP contribution < -0.4 is 5.73 Å². The van der Waals surface area contributed by atoms with Gasteiger partial charge in [0.05, 0.1) is 4.88 Å². The van der Waals surface area contributed by atoms with Gasteiger partial charge in [0.15, 0.2) is 0 Å². The number of hydrogen-bond donors (Lipinski definition) is 1. The Morgan fingerprint density at radius 1 is 1.38 bits per heavy atom. The zero-order chi connectivity index (χ0) is 15.6. The minimum atomic E-state index is -3.41. The van der Waals surface area contributed by atoms with Crippen LogP contribution in [0.3, 0.4) is 0 Å². The first-order chi connectivity index (χ1) is 9.82. The summed E-state index contributed by atoms with van der Waals surface area (Å²) in [5, 5.41) is 0. The van der Waals surface area contributed by atoms with Crippen molar-refractivity contribution >= 4 is 38.6 Å². The molecular weight excluding hydrogens is 324 g/mol. The first-order valence-electron chi connectivity index (χ1n) is 7.22. The maximum absolute atomic E-state index is 12.7. The van der Waals surface area contributed by atoms with Crippen LogP contribution in [-0.2, 0) is 10.0 Å². The Hall–Kier alpha value is -0.500. The highest BCUT2D eigenvalue weighted by Crippen LogP contribution is 2.30. The molecule has 0 amide bonds. The highest BCUT2D eigenvalue weighted by Gasteiger charge is 2.29. The molecule has 1 aliphatic rings.